The molecule has 0 spiro atoms. The Morgan fingerprint density at radius 3 is 2.06 bits per heavy atom. The van der Waals surface area contributed by atoms with Crippen LogP contribution in [0.3, 0.4) is 0 Å². The van der Waals surface area contributed by atoms with Crippen LogP contribution in [0.4, 0.5) is 0 Å². The van der Waals surface area contributed by atoms with Crippen LogP contribution in [0.2, 0.25) is 18.1 Å². The van der Waals surface area contributed by atoms with Crippen molar-refractivity contribution >= 4 is 14.3 Å². The van der Waals surface area contributed by atoms with E-state index in [4.69, 9.17) is 9.16 Å². The monoisotopic (exact) mass is 272 g/mol. The standard InChI is InChI=1S/C14H28O3Si/c1-9-16-13(15)12(3)11(2)10-17-18(7,8)14(4,5)6/h9-10H2,1-8H3/b12-11+. The fourth-order valence-electron chi connectivity index (χ4n) is 1.03. The van der Waals surface area contributed by atoms with Crippen LogP contribution in [0, 0.1) is 0 Å². The molecule has 0 aromatic carbocycles. The van der Waals surface area contributed by atoms with Crippen molar-refractivity contribution in [1.82, 2.24) is 0 Å². The molecule has 0 atom stereocenters. The van der Waals surface area contributed by atoms with Crippen LogP contribution in [-0.2, 0) is 14.0 Å². The molecule has 0 aliphatic carbocycles. The van der Waals surface area contributed by atoms with Gasteiger partial charge in [-0.15, -0.1) is 0 Å². The van der Waals surface area contributed by atoms with Crippen LogP contribution in [-0.4, -0.2) is 27.5 Å². The minimum absolute atomic E-state index is 0.186. The van der Waals surface area contributed by atoms with Crippen LogP contribution >= 0.6 is 0 Å². The van der Waals surface area contributed by atoms with Gasteiger partial charge in [-0.1, -0.05) is 20.8 Å². The summed E-state index contributed by atoms with van der Waals surface area (Å²) in [5.74, 6) is -0.242. The zero-order valence-electron chi connectivity index (χ0n) is 13.1. The molecule has 0 aliphatic heterocycles. The maximum atomic E-state index is 11.6. The highest BCUT2D eigenvalue weighted by Gasteiger charge is 2.37. The Balaban J connectivity index is 4.64. The Kier molecular flexibility index (Phi) is 6.30. The molecule has 4 heteroatoms. The molecule has 0 rings (SSSR count). The van der Waals surface area contributed by atoms with Crippen molar-refractivity contribution in [1.29, 1.82) is 0 Å². The van der Waals surface area contributed by atoms with E-state index >= 15 is 0 Å². The fraction of sp³-hybridized carbons (Fsp3) is 0.786. The van der Waals surface area contributed by atoms with Gasteiger partial charge in [-0.2, -0.15) is 0 Å². The van der Waals surface area contributed by atoms with Crippen molar-refractivity contribution in [2.45, 2.75) is 59.7 Å². The van der Waals surface area contributed by atoms with Crippen LogP contribution in [0.25, 0.3) is 0 Å². The van der Waals surface area contributed by atoms with Gasteiger partial charge in [0.05, 0.1) is 13.2 Å². The zero-order valence-corrected chi connectivity index (χ0v) is 14.1. The molecule has 0 N–H and O–H groups in total. The van der Waals surface area contributed by atoms with Gasteiger partial charge in [-0.3, -0.25) is 0 Å². The van der Waals surface area contributed by atoms with Crippen molar-refractivity contribution in [2.24, 2.45) is 0 Å². The lowest BCUT2D eigenvalue weighted by atomic mass is 10.2. The van der Waals surface area contributed by atoms with E-state index in [0.717, 1.165) is 5.57 Å². The summed E-state index contributed by atoms with van der Waals surface area (Å²) in [6.07, 6.45) is 0. The molecule has 0 aromatic rings. The maximum Gasteiger partial charge on any atom is 0.333 e. The lowest BCUT2D eigenvalue weighted by Gasteiger charge is -2.36. The van der Waals surface area contributed by atoms with E-state index in [1.807, 2.05) is 13.8 Å². The number of rotatable bonds is 5. The first kappa shape index (κ1) is 17.4. The first-order valence-electron chi connectivity index (χ1n) is 6.50. The highest BCUT2D eigenvalue weighted by Crippen LogP contribution is 2.36. The topological polar surface area (TPSA) is 35.5 Å². The Bertz CT molecular complexity index is 324. The van der Waals surface area contributed by atoms with Gasteiger partial charge in [0, 0.05) is 5.57 Å². The minimum Gasteiger partial charge on any atom is -0.463 e. The van der Waals surface area contributed by atoms with E-state index < -0.39 is 8.32 Å². The first-order valence-corrected chi connectivity index (χ1v) is 9.41. The predicted molar refractivity (Wildman–Crippen MR) is 78.2 cm³/mol. The Morgan fingerprint density at radius 2 is 1.67 bits per heavy atom. The van der Waals surface area contributed by atoms with Crippen LogP contribution in [0.5, 0.6) is 0 Å². The van der Waals surface area contributed by atoms with Gasteiger partial charge in [-0.05, 0) is 44.5 Å². The average Bonchev–Trinajstić information content (AvgIpc) is 2.23. The molecular formula is C14H28O3Si. The SMILES string of the molecule is CCOC(=O)/C(C)=C(\C)CO[Si](C)(C)C(C)(C)C. The molecule has 0 fully saturated rings. The van der Waals surface area contributed by atoms with Crippen molar-refractivity contribution < 1.29 is 14.0 Å². The van der Waals surface area contributed by atoms with E-state index in [2.05, 4.69) is 33.9 Å². The molecule has 0 unspecified atom stereocenters. The summed E-state index contributed by atoms with van der Waals surface area (Å²) in [6.45, 7) is 17.5. The highest BCUT2D eigenvalue weighted by molar-refractivity contribution is 6.74. The quantitative estimate of drug-likeness (QED) is 0.432. The molecule has 3 nitrogen and oxygen atoms in total. The van der Waals surface area contributed by atoms with Crippen molar-refractivity contribution in [3.8, 4) is 0 Å². The van der Waals surface area contributed by atoms with E-state index in [9.17, 15) is 4.79 Å². The molecule has 18 heavy (non-hydrogen) atoms. The molecule has 106 valence electrons. The van der Waals surface area contributed by atoms with Gasteiger partial charge in [0.15, 0.2) is 8.32 Å². The lowest BCUT2D eigenvalue weighted by molar-refractivity contribution is -0.138. The van der Waals surface area contributed by atoms with Crippen molar-refractivity contribution in [2.75, 3.05) is 13.2 Å². The van der Waals surface area contributed by atoms with Gasteiger partial charge in [0.1, 0.15) is 0 Å². The summed E-state index contributed by atoms with van der Waals surface area (Å²) in [5, 5.41) is 0.186. The summed E-state index contributed by atoms with van der Waals surface area (Å²) < 4.78 is 11.1. The third-order valence-electron chi connectivity index (χ3n) is 3.68. The van der Waals surface area contributed by atoms with E-state index in [0.29, 0.717) is 18.8 Å². The van der Waals surface area contributed by atoms with Crippen molar-refractivity contribution in [3.05, 3.63) is 11.1 Å². The number of ether oxygens (including phenoxy) is 1. The fourth-order valence-corrected chi connectivity index (χ4v) is 2.04. The summed E-state index contributed by atoms with van der Waals surface area (Å²) in [5.41, 5.74) is 1.62. The molecule has 0 aromatic heterocycles. The molecule has 0 saturated heterocycles. The molecule has 0 radical (unpaired) electrons. The smallest absolute Gasteiger partial charge is 0.333 e. The third kappa shape index (κ3) is 4.94. The number of carbonyl (C=O) groups excluding carboxylic acids is 1. The van der Waals surface area contributed by atoms with E-state index in [1.165, 1.54) is 0 Å². The molecular weight excluding hydrogens is 244 g/mol. The predicted octanol–water partition coefficient (Wildman–Crippen LogP) is 3.91. The van der Waals surface area contributed by atoms with Gasteiger partial charge in [-0.25, -0.2) is 4.79 Å². The summed E-state index contributed by atoms with van der Waals surface area (Å²) >= 11 is 0. The zero-order chi connectivity index (χ0) is 14.6. The lowest BCUT2D eigenvalue weighted by Crippen LogP contribution is -2.41. The Morgan fingerprint density at radius 1 is 1.17 bits per heavy atom. The summed E-state index contributed by atoms with van der Waals surface area (Å²) in [7, 11) is -1.75. The molecule has 0 amide bonds. The number of esters is 1. The number of hydrogen-bond donors (Lipinski definition) is 0. The van der Waals surface area contributed by atoms with Crippen LogP contribution in [0.1, 0.15) is 41.5 Å². The summed E-state index contributed by atoms with van der Waals surface area (Å²) in [6, 6.07) is 0. The molecule has 0 saturated carbocycles. The van der Waals surface area contributed by atoms with E-state index in [-0.39, 0.29) is 11.0 Å². The molecule has 0 heterocycles. The van der Waals surface area contributed by atoms with Gasteiger partial charge < -0.3 is 9.16 Å². The Labute approximate surface area is 113 Å². The van der Waals surface area contributed by atoms with Crippen LogP contribution < -0.4 is 0 Å². The minimum atomic E-state index is -1.75. The molecule has 0 bridgehead atoms. The second kappa shape index (κ2) is 6.52. The summed E-state index contributed by atoms with van der Waals surface area (Å²) in [4.78, 5) is 11.6. The van der Waals surface area contributed by atoms with Gasteiger partial charge in [0.2, 0.25) is 0 Å². The normalized spacial score (nSPS) is 14.2. The molecule has 0 aliphatic rings. The van der Waals surface area contributed by atoms with E-state index in [1.54, 1.807) is 6.92 Å². The number of hydrogen-bond acceptors (Lipinski definition) is 3. The largest absolute Gasteiger partial charge is 0.463 e. The highest BCUT2D eigenvalue weighted by atomic mass is 28.4. The van der Waals surface area contributed by atoms with Crippen LogP contribution in [0.15, 0.2) is 11.1 Å². The van der Waals surface area contributed by atoms with Crippen molar-refractivity contribution in [3.63, 3.8) is 0 Å². The third-order valence-corrected chi connectivity index (χ3v) is 8.16. The first-order chi connectivity index (χ1) is 8.03. The number of carbonyl (C=O) groups is 1. The maximum absolute atomic E-state index is 11.6. The average molecular weight is 272 g/mol. The second-order valence-electron chi connectivity index (χ2n) is 6.17. The van der Waals surface area contributed by atoms with Gasteiger partial charge >= 0.3 is 5.97 Å². The van der Waals surface area contributed by atoms with Gasteiger partial charge in [0.25, 0.3) is 0 Å². The second-order valence-corrected chi connectivity index (χ2v) is 11.0. The Hall–Kier alpha value is -0.613.